The van der Waals surface area contributed by atoms with Crippen LogP contribution in [0.4, 0.5) is 4.79 Å². The van der Waals surface area contributed by atoms with Gasteiger partial charge in [0.1, 0.15) is 11.3 Å². The second-order valence-electron chi connectivity index (χ2n) is 6.54. The van der Waals surface area contributed by atoms with Gasteiger partial charge in [-0.15, -0.1) is 0 Å². The molecular formula is C17H19ClN6O4. The Balaban J connectivity index is 1.97. The van der Waals surface area contributed by atoms with Gasteiger partial charge in [-0.3, -0.25) is 0 Å². The molecule has 0 radical (unpaired) electrons. The molecule has 1 fully saturated rings. The van der Waals surface area contributed by atoms with E-state index in [0.29, 0.717) is 35.3 Å². The highest BCUT2D eigenvalue weighted by molar-refractivity contribution is 6.30. The van der Waals surface area contributed by atoms with E-state index in [0.717, 1.165) is 0 Å². The summed E-state index contributed by atoms with van der Waals surface area (Å²) in [5.74, 6) is 0.359. The summed E-state index contributed by atoms with van der Waals surface area (Å²) in [6.45, 7) is 2.71. The van der Waals surface area contributed by atoms with Crippen molar-refractivity contribution in [3.63, 3.8) is 0 Å². The van der Waals surface area contributed by atoms with Gasteiger partial charge in [0.2, 0.25) is 5.88 Å². The van der Waals surface area contributed by atoms with Gasteiger partial charge in [0.05, 0.1) is 37.7 Å². The van der Waals surface area contributed by atoms with Crippen molar-refractivity contribution in [3.05, 3.63) is 39.6 Å². The molecule has 1 atom stereocenters. The summed E-state index contributed by atoms with van der Waals surface area (Å²) >= 11 is 6.10. The van der Waals surface area contributed by atoms with Crippen molar-refractivity contribution in [2.45, 2.75) is 18.6 Å². The summed E-state index contributed by atoms with van der Waals surface area (Å²) in [5.41, 5.74) is 8.65. The number of rotatable bonds is 6. The number of methoxy groups -OCH3 is 2. The van der Waals surface area contributed by atoms with Crippen molar-refractivity contribution in [3.8, 4) is 5.88 Å². The van der Waals surface area contributed by atoms with Crippen LogP contribution in [0.3, 0.4) is 0 Å². The minimum Gasteiger partial charge on any atom is -0.470 e. The summed E-state index contributed by atoms with van der Waals surface area (Å²) in [7, 11) is 2.86. The predicted molar refractivity (Wildman–Crippen MR) is 101 cm³/mol. The molecule has 0 bridgehead atoms. The molecule has 3 heterocycles. The van der Waals surface area contributed by atoms with Crippen LogP contribution in [-0.2, 0) is 15.0 Å². The van der Waals surface area contributed by atoms with E-state index in [9.17, 15) is 4.79 Å². The molecule has 28 heavy (non-hydrogen) atoms. The Labute approximate surface area is 166 Å². The lowest BCUT2D eigenvalue weighted by molar-refractivity contribution is 0.0169. The number of pyridine rings is 2. The first-order valence-corrected chi connectivity index (χ1v) is 8.79. The molecule has 0 unspecified atom stereocenters. The Kier molecular flexibility index (Phi) is 5.73. The molecule has 148 valence electrons. The molecule has 0 aromatic carbocycles. The van der Waals surface area contributed by atoms with Crippen molar-refractivity contribution < 1.29 is 19.0 Å². The zero-order valence-electron chi connectivity index (χ0n) is 15.6. The number of halogens is 1. The molecule has 1 amide bonds. The number of likely N-dealkylation sites (tertiary alicyclic amines) is 1. The molecule has 1 saturated heterocycles. The van der Waals surface area contributed by atoms with E-state index in [1.165, 1.54) is 19.1 Å². The number of carbonyl (C=O) groups is 1. The first kappa shape index (κ1) is 19.9. The Hall–Kier alpha value is -2.81. The van der Waals surface area contributed by atoms with Crippen molar-refractivity contribution in [1.29, 1.82) is 0 Å². The number of azide groups is 1. The standard InChI is InChI=1S/C17H19ClN6O4/c1-17(9-26-2,22-23-19)13-6-21-15(12-5-20-14(18)4-11(12)13)28-10-7-24(8-10)16(25)27-3/h4-6,10H,7-9H2,1-3H3/t17-/m1/s1. The highest BCUT2D eigenvalue weighted by Gasteiger charge is 2.34. The van der Waals surface area contributed by atoms with Crippen LogP contribution in [0.5, 0.6) is 5.88 Å². The Morgan fingerprint density at radius 3 is 2.79 bits per heavy atom. The summed E-state index contributed by atoms with van der Waals surface area (Å²) < 4.78 is 15.8. The zero-order chi connectivity index (χ0) is 20.3. The molecule has 1 aliphatic rings. The first-order chi connectivity index (χ1) is 13.4. The van der Waals surface area contributed by atoms with Gasteiger partial charge in [-0.25, -0.2) is 14.8 Å². The summed E-state index contributed by atoms with van der Waals surface area (Å²) in [5, 5.41) is 5.50. The fourth-order valence-electron chi connectivity index (χ4n) is 3.10. The lowest BCUT2D eigenvalue weighted by atomic mass is 9.91. The van der Waals surface area contributed by atoms with Gasteiger partial charge in [0.25, 0.3) is 0 Å². The smallest absolute Gasteiger partial charge is 0.409 e. The third-order valence-corrected chi connectivity index (χ3v) is 4.74. The lowest BCUT2D eigenvalue weighted by Crippen LogP contribution is -2.56. The van der Waals surface area contributed by atoms with Crippen LogP contribution in [0, 0.1) is 0 Å². The molecule has 0 saturated carbocycles. The molecular weight excluding hydrogens is 388 g/mol. The number of carbonyl (C=O) groups excluding carboxylic acids is 1. The molecule has 11 heteroatoms. The number of nitrogens with zero attached hydrogens (tertiary/aromatic N) is 6. The van der Waals surface area contributed by atoms with Gasteiger partial charge in [0.15, 0.2) is 0 Å². The number of aromatic nitrogens is 2. The normalized spacial score (nSPS) is 16.1. The lowest BCUT2D eigenvalue weighted by Gasteiger charge is -2.37. The summed E-state index contributed by atoms with van der Waals surface area (Å²) in [6, 6.07) is 1.67. The van der Waals surface area contributed by atoms with E-state index in [-0.39, 0.29) is 17.9 Å². The number of ether oxygens (including phenoxy) is 3. The van der Waals surface area contributed by atoms with Crippen LogP contribution in [0.15, 0.2) is 23.6 Å². The molecule has 1 aliphatic heterocycles. The minimum absolute atomic E-state index is 0.157. The Bertz CT molecular complexity index is 945. The van der Waals surface area contributed by atoms with Crippen LogP contribution >= 0.6 is 11.6 Å². The molecule has 0 aliphatic carbocycles. The van der Waals surface area contributed by atoms with Gasteiger partial charge in [0, 0.05) is 24.4 Å². The fourth-order valence-corrected chi connectivity index (χ4v) is 3.26. The van der Waals surface area contributed by atoms with Crippen LogP contribution in [0.1, 0.15) is 12.5 Å². The molecule has 2 aromatic heterocycles. The van der Waals surface area contributed by atoms with Crippen LogP contribution in [0.25, 0.3) is 21.2 Å². The fraction of sp³-hybridized carbons (Fsp3) is 0.471. The Morgan fingerprint density at radius 1 is 1.39 bits per heavy atom. The maximum absolute atomic E-state index is 11.5. The largest absolute Gasteiger partial charge is 0.470 e. The van der Waals surface area contributed by atoms with Gasteiger partial charge in [-0.1, -0.05) is 16.7 Å². The third-order valence-electron chi connectivity index (χ3n) is 4.53. The summed E-state index contributed by atoms with van der Waals surface area (Å²) in [4.78, 5) is 24.5. The molecule has 3 rings (SSSR count). The molecule has 2 aromatic rings. The van der Waals surface area contributed by atoms with Gasteiger partial charge >= 0.3 is 6.09 Å². The average molecular weight is 407 g/mol. The monoisotopic (exact) mass is 406 g/mol. The topological polar surface area (TPSA) is 123 Å². The second kappa shape index (κ2) is 8.05. The van der Waals surface area contributed by atoms with Gasteiger partial charge in [-0.2, -0.15) is 0 Å². The van der Waals surface area contributed by atoms with Crippen LogP contribution < -0.4 is 4.74 Å². The average Bonchev–Trinajstić information content (AvgIpc) is 2.63. The quantitative estimate of drug-likeness (QED) is 0.314. The maximum Gasteiger partial charge on any atom is 0.409 e. The minimum atomic E-state index is -0.990. The second-order valence-corrected chi connectivity index (χ2v) is 6.93. The Morgan fingerprint density at radius 2 is 2.14 bits per heavy atom. The highest BCUT2D eigenvalue weighted by atomic mass is 35.5. The SMILES string of the molecule is COC[C@@](C)(N=[N+]=[N-])c1cnc(OC2CN(C(=O)OC)C2)c2cnc(Cl)cc12. The van der Waals surface area contributed by atoms with E-state index in [4.69, 9.17) is 26.6 Å². The van der Waals surface area contributed by atoms with E-state index < -0.39 is 11.6 Å². The number of hydrogen-bond acceptors (Lipinski definition) is 7. The van der Waals surface area contributed by atoms with Crippen molar-refractivity contribution >= 4 is 28.5 Å². The maximum atomic E-state index is 11.5. The predicted octanol–water partition coefficient (Wildman–Crippen LogP) is 3.28. The highest BCUT2D eigenvalue weighted by Crippen LogP contribution is 2.36. The van der Waals surface area contributed by atoms with Crippen molar-refractivity contribution in [2.75, 3.05) is 33.9 Å². The van der Waals surface area contributed by atoms with Crippen molar-refractivity contribution in [2.24, 2.45) is 5.11 Å². The van der Waals surface area contributed by atoms with Gasteiger partial charge < -0.3 is 19.1 Å². The third kappa shape index (κ3) is 3.75. The van der Waals surface area contributed by atoms with Crippen LogP contribution in [0.2, 0.25) is 5.15 Å². The summed E-state index contributed by atoms with van der Waals surface area (Å²) in [6.07, 6.45) is 2.53. The number of amides is 1. The van der Waals surface area contributed by atoms with E-state index in [1.54, 1.807) is 25.4 Å². The number of fused-ring (bicyclic) bond motifs is 1. The molecule has 0 spiro atoms. The number of hydrogen-bond donors (Lipinski definition) is 0. The molecule has 0 N–H and O–H groups in total. The van der Waals surface area contributed by atoms with Crippen molar-refractivity contribution in [1.82, 2.24) is 14.9 Å². The van der Waals surface area contributed by atoms with E-state index in [1.807, 2.05) is 0 Å². The van der Waals surface area contributed by atoms with Gasteiger partial charge in [-0.05, 0) is 29.5 Å². The van der Waals surface area contributed by atoms with E-state index >= 15 is 0 Å². The first-order valence-electron chi connectivity index (χ1n) is 8.41. The zero-order valence-corrected chi connectivity index (χ0v) is 16.4. The molecule has 10 nitrogen and oxygen atoms in total. The van der Waals surface area contributed by atoms with E-state index in [2.05, 4.69) is 24.7 Å². The van der Waals surface area contributed by atoms with Crippen LogP contribution in [-0.4, -0.2) is 61.0 Å².